The molecule has 0 radical (unpaired) electrons. The first-order valence-corrected chi connectivity index (χ1v) is 8.82. The molecule has 0 saturated carbocycles. The summed E-state index contributed by atoms with van der Waals surface area (Å²) in [6.45, 7) is 7.55. The van der Waals surface area contributed by atoms with E-state index in [2.05, 4.69) is 15.3 Å². The number of nitrogens with one attached hydrogen (secondary N) is 1. The van der Waals surface area contributed by atoms with E-state index in [1.54, 1.807) is 22.4 Å². The average molecular weight is 346 g/mol. The minimum atomic E-state index is -0.471. The summed E-state index contributed by atoms with van der Waals surface area (Å²) in [5, 5.41) is 4.22. The average Bonchev–Trinajstić information content (AvgIpc) is 2.94. The third-order valence-electron chi connectivity index (χ3n) is 3.55. The predicted octanol–water partition coefficient (Wildman–Crippen LogP) is 3.44. The van der Waals surface area contributed by atoms with Gasteiger partial charge in [0.05, 0.1) is 12.2 Å². The van der Waals surface area contributed by atoms with Crippen molar-refractivity contribution in [1.29, 1.82) is 0 Å². The molecule has 0 bridgehead atoms. The molecule has 3 rings (SSSR count). The molecule has 2 aromatic heterocycles. The highest BCUT2D eigenvalue weighted by atomic mass is 32.1. The first-order chi connectivity index (χ1) is 11.4. The summed E-state index contributed by atoms with van der Waals surface area (Å²) in [4.78, 5) is 23.8. The Morgan fingerprint density at radius 2 is 2.29 bits per heavy atom. The first-order valence-electron chi connectivity index (χ1n) is 8.00. The second kappa shape index (κ2) is 6.76. The standard InChI is InChI=1S/C17H22N4O2S/c1-17(2,3)23-16(22)21-8-6-13-14(11-21)24-15(20-13)19-10-12-5-4-7-18-9-12/h4-5,7,9H,6,8,10-11H2,1-3H3,(H,19,20). The first kappa shape index (κ1) is 16.7. The largest absolute Gasteiger partial charge is 0.444 e. The highest BCUT2D eigenvalue weighted by Crippen LogP contribution is 2.29. The van der Waals surface area contributed by atoms with Crippen LogP contribution in [0, 0.1) is 0 Å². The van der Waals surface area contributed by atoms with Gasteiger partial charge in [0.15, 0.2) is 5.13 Å². The molecule has 7 heteroatoms. The van der Waals surface area contributed by atoms with Gasteiger partial charge < -0.3 is 15.0 Å². The van der Waals surface area contributed by atoms with E-state index < -0.39 is 5.60 Å². The Bertz CT molecular complexity index is 709. The monoisotopic (exact) mass is 346 g/mol. The van der Waals surface area contributed by atoms with Gasteiger partial charge in [0.2, 0.25) is 0 Å². The van der Waals surface area contributed by atoms with Crippen molar-refractivity contribution >= 4 is 22.6 Å². The number of rotatable bonds is 3. The maximum Gasteiger partial charge on any atom is 0.410 e. The van der Waals surface area contributed by atoms with Gasteiger partial charge in [0, 0.05) is 36.8 Å². The van der Waals surface area contributed by atoms with E-state index >= 15 is 0 Å². The number of fused-ring (bicyclic) bond motifs is 1. The number of anilines is 1. The number of carbonyl (C=O) groups is 1. The van der Waals surface area contributed by atoms with Crippen molar-refractivity contribution in [3.63, 3.8) is 0 Å². The van der Waals surface area contributed by atoms with Crippen LogP contribution in [0.25, 0.3) is 0 Å². The number of aromatic nitrogens is 2. The summed E-state index contributed by atoms with van der Waals surface area (Å²) in [5.41, 5.74) is 1.72. The molecular weight excluding hydrogens is 324 g/mol. The van der Waals surface area contributed by atoms with E-state index in [1.807, 2.05) is 39.1 Å². The SMILES string of the molecule is CC(C)(C)OC(=O)N1CCc2nc(NCc3cccnc3)sc2C1. The Morgan fingerprint density at radius 3 is 3.00 bits per heavy atom. The van der Waals surface area contributed by atoms with Crippen LogP contribution < -0.4 is 5.32 Å². The van der Waals surface area contributed by atoms with Crippen LogP contribution in [0.2, 0.25) is 0 Å². The van der Waals surface area contributed by atoms with Crippen molar-refractivity contribution in [2.24, 2.45) is 0 Å². The number of amides is 1. The zero-order valence-electron chi connectivity index (χ0n) is 14.2. The van der Waals surface area contributed by atoms with Gasteiger partial charge in [0.25, 0.3) is 0 Å². The highest BCUT2D eigenvalue weighted by molar-refractivity contribution is 7.15. The van der Waals surface area contributed by atoms with Crippen molar-refractivity contribution in [3.8, 4) is 0 Å². The molecule has 0 aliphatic carbocycles. The van der Waals surface area contributed by atoms with Gasteiger partial charge >= 0.3 is 6.09 Å². The number of pyridine rings is 1. The summed E-state index contributed by atoms with van der Waals surface area (Å²) in [5.74, 6) is 0. The van der Waals surface area contributed by atoms with Crippen LogP contribution in [0.3, 0.4) is 0 Å². The maximum atomic E-state index is 12.2. The van der Waals surface area contributed by atoms with Crippen LogP contribution in [0.1, 0.15) is 36.9 Å². The summed E-state index contributed by atoms with van der Waals surface area (Å²) in [7, 11) is 0. The summed E-state index contributed by atoms with van der Waals surface area (Å²) < 4.78 is 5.45. The van der Waals surface area contributed by atoms with Crippen molar-refractivity contribution in [1.82, 2.24) is 14.9 Å². The Kier molecular flexibility index (Phi) is 4.71. The fourth-order valence-corrected chi connectivity index (χ4v) is 3.45. The van der Waals surface area contributed by atoms with Gasteiger partial charge in [-0.1, -0.05) is 17.4 Å². The van der Waals surface area contributed by atoms with Crippen LogP contribution in [-0.2, 0) is 24.2 Å². The lowest BCUT2D eigenvalue weighted by atomic mass is 10.2. The van der Waals surface area contributed by atoms with Crippen molar-refractivity contribution in [3.05, 3.63) is 40.7 Å². The Labute approximate surface area is 145 Å². The van der Waals surface area contributed by atoms with Gasteiger partial charge in [-0.15, -0.1) is 0 Å². The number of ether oxygens (including phenoxy) is 1. The lowest BCUT2D eigenvalue weighted by Gasteiger charge is -2.29. The van der Waals surface area contributed by atoms with E-state index in [9.17, 15) is 4.79 Å². The topological polar surface area (TPSA) is 67.3 Å². The van der Waals surface area contributed by atoms with Crippen molar-refractivity contribution in [2.45, 2.75) is 45.9 Å². The van der Waals surface area contributed by atoms with E-state index in [0.717, 1.165) is 27.7 Å². The lowest BCUT2D eigenvalue weighted by molar-refractivity contribution is 0.0225. The molecule has 24 heavy (non-hydrogen) atoms. The highest BCUT2D eigenvalue weighted by Gasteiger charge is 2.27. The molecule has 3 heterocycles. The van der Waals surface area contributed by atoms with Gasteiger partial charge in [0.1, 0.15) is 5.60 Å². The molecule has 0 spiro atoms. The van der Waals surface area contributed by atoms with Crippen LogP contribution in [0.15, 0.2) is 24.5 Å². The molecule has 2 aromatic rings. The molecule has 0 saturated heterocycles. The van der Waals surface area contributed by atoms with Gasteiger partial charge in [-0.05, 0) is 32.4 Å². The molecule has 0 unspecified atom stereocenters. The Hall–Kier alpha value is -2.15. The molecular formula is C17H22N4O2S. The van der Waals surface area contributed by atoms with E-state index in [0.29, 0.717) is 19.6 Å². The van der Waals surface area contributed by atoms with Crippen LogP contribution in [0.4, 0.5) is 9.93 Å². The van der Waals surface area contributed by atoms with E-state index in [-0.39, 0.29) is 6.09 Å². The van der Waals surface area contributed by atoms with Crippen LogP contribution in [-0.4, -0.2) is 33.1 Å². The van der Waals surface area contributed by atoms with Crippen LogP contribution in [0.5, 0.6) is 0 Å². The van der Waals surface area contributed by atoms with E-state index in [4.69, 9.17) is 4.74 Å². The zero-order chi connectivity index (χ0) is 17.2. The second-order valence-electron chi connectivity index (χ2n) is 6.76. The quantitative estimate of drug-likeness (QED) is 0.922. The molecule has 0 atom stereocenters. The normalized spacial score (nSPS) is 14.2. The third-order valence-corrected chi connectivity index (χ3v) is 4.59. The number of thiazole rings is 1. The van der Waals surface area contributed by atoms with Crippen molar-refractivity contribution < 1.29 is 9.53 Å². The van der Waals surface area contributed by atoms with Gasteiger partial charge in [-0.3, -0.25) is 4.98 Å². The Morgan fingerprint density at radius 1 is 1.46 bits per heavy atom. The predicted molar refractivity (Wildman–Crippen MR) is 94.0 cm³/mol. The molecule has 0 aromatic carbocycles. The smallest absolute Gasteiger partial charge is 0.410 e. The lowest BCUT2D eigenvalue weighted by Crippen LogP contribution is -2.39. The minimum absolute atomic E-state index is 0.258. The second-order valence-corrected chi connectivity index (χ2v) is 7.84. The summed E-state index contributed by atoms with van der Waals surface area (Å²) >= 11 is 1.60. The molecule has 1 aliphatic heterocycles. The number of hydrogen-bond acceptors (Lipinski definition) is 6. The van der Waals surface area contributed by atoms with Gasteiger partial charge in [-0.25, -0.2) is 9.78 Å². The number of hydrogen-bond donors (Lipinski definition) is 1. The summed E-state index contributed by atoms with van der Waals surface area (Å²) in [6.07, 6.45) is 4.10. The summed E-state index contributed by atoms with van der Waals surface area (Å²) in [6, 6.07) is 3.94. The molecule has 1 amide bonds. The maximum absolute atomic E-state index is 12.2. The van der Waals surface area contributed by atoms with E-state index in [1.165, 1.54) is 0 Å². The third kappa shape index (κ3) is 4.23. The van der Waals surface area contributed by atoms with Crippen LogP contribution >= 0.6 is 11.3 Å². The van der Waals surface area contributed by atoms with Crippen molar-refractivity contribution in [2.75, 3.05) is 11.9 Å². The molecule has 128 valence electrons. The Balaban J connectivity index is 1.61. The minimum Gasteiger partial charge on any atom is -0.444 e. The molecule has 1 N–H and O–H groups in total. The fourth-order valence-electron chi connectivity index (χ4n) is 2.43. The molecule has 0 fully saturated rings. The number of carbonyl (C=O) groups excluding carboxylic acids is 1. The fraction of sp³-hybridized carbons (Fsp3) is 0.471. The molecule has 1 aliphatic rings. The zero-order valence-corrected chi connectivity index (χ0v) is 15.0. The number of nitrogens with zero attached hydrogens (tertiary/aromatic N) is 3. The molecule has 6 nitrogen and oxygen atoms in total. The van der Waals surface area contributed by atoms with Gasteiger partial charge in [-0.2, -0.15) is 0 Å².